The Morgan fingerprint density at radius 1 is 0.846 bits per heavy atom. The molecule has 3 aromatic rings. The summed E-state index contributed by atoms with van der Waals surface area (Å²) in [6.07, 6.45) is 0. The minimum Gasteiger partial charge on any atom is -0.477 e. The van der Waals surface area contributed by atoms with E-state index in [0.717, 1.165) is 11.1 Å². The van der Waals surface area contributed by atoms with Crippen LogP contribution in [-0.2, 0) is 25.5 Å². The van der Waals surface area contributed by atoms with Crippen LogP contribution in [0, 0.1) is 0 Å². The Bertz CT molecular complexity index is 825. The summed E-state index contributed by atoms with van der Waals surface area (Å²) in [7, 11) is 0. The molecule has 1 saturated heterocycles. The van der Waals surface area contributed by atoms with Crippen molar-refractivity contribution in [3.63, 3.8) is 0 Å². The number of carboxylic acids is 1. The molecule has 0 atom stereocenters. The van der Waals surface area contributed by atoms with Crippen molar-refractivity contribution < 1.29 is 19.4 Å². The Morgan fingerprint density at radius 2 is 1.38 bits per heavy atom. The fourth-order valence-corrected chi connectivity index (χ4v) is 4.21. The van der Waals surface area contributed by atoms with Crippen LogP contribution in [0.3, 0.4) is 0 Å². The van der Waals surface area contributed by atoms with Gasteiger partial charge in [-0.2, -0.15) is 0 Å². The summed E-state index contributed by atoms with van der Waals surface area (Å²) in [5, 5.41) is 11.7. The lowest BCUT2D eigenvalue weighted by Crippen LogP contribution is -2.54. The number of benzene rings is 2. The molecule has 0 saturated carbocycles. The second kappa shape index (κ2) is 6.68. The molecule has 26 heavy (non-hydrogen) atoms. The number of carboxylic acid groups (broad SMARTS) is 1. The van der Waals surface area contributed by atoms with Crippen LogP contribution in [0.2, 0.25) is 0 Å². The number of thiophene rings is 1. The number of rotatable bonds is 4. The number of ether oxygens (including phenoxy) is 2. The highest BCUT2D eigenvalue weighted by molar-refractivity contribution is 7.10. The van der Waals surface area contributed by atoms with E-state index in [-0.39, 0.29) is 13.2 Å². The highest BCUT2D eigenvalue weighted by Gasteiger charge is 2.53. The van der Waals surface area contributed by atoms with Crippen molar-refractivity contribution in [2.45, 2.75) is 11.2 Å². The van der Waals surface area contributed by atoms with Gasteiger partial charge in [-0.25, -0.2) is 4.79 Å². The zero-order valence-electron chi connectivity index (χ0n) is 14.0. The number of carbonyl (C=O) groups is 1. The van der Waals surface area contributed by atoms with Crippen molar-refractivity contribution in [1.82, 2.24) is 0 Å². The SMILES string of the molecule is O=C(O)C1(c2cccs2)OCC(c2ccccc2)(c2ccccc2)CO1. The summed E-state index contributed by atoms with van der Waals surface area (Å²) in [4.78, 5) is 12.6. The van der Waals surface area contributed by atoms with Crippen LogP contribution in [-0.4, -0.2) is 24.3 Å². The van der Waals surface area contributed by atoms with Crippen LogP contribution in [0.4, 0.5) is 0 Å². The van der Waals surface area contributed by atoms with Crippen molar-refractivity contribution in [3.05, 3.63) is 94.2 Å². The monoisotopic (exact) mass is 366 g/mol. The van der Waals surface area contributed by atoms with Gasteiger partial charge >= 0.3 is 11.8 Å². The second-order valence-electron chi connectivity index (χ2n) is 6.29. The van der Waals surface area contributed by atoms with Gasteiger partial charge in [-0.3, -0.25) is 0 Å². The van der Waals surface area contributed by atoms with E-state index in [1.807, 2.05) is 66.0 Å². The largest absolute Gasteiger partial charge is 0.477 e. The molecule has 5 heteroatoms. The molecule has 0 unspecified atom stereocenters. The summed E-state index contributed by atoms with van der Waals surface area (Å²) in [6, 6.07) is 23.4. The first kappa shape index (κ1) is 17.0. The minimum atomic E-state index is -1.75. The summed E-state index contributed by atoms with van der Waals surface area (Å²) < 4.78 is 12.0. The first-order valence-corrected chi connectivity index (χ1v) is 9.22. The van der Waals surface area contributed by atoms with Gasteiger partial charge in [0.05, 0.1) is 23.5 Å². The molecule has 0 spiro atoms. The average molecular weight is 366 g/mol. The standard InChI is InChI=1S/C21H18O4S/c22-19(23)21(18-12-7-13-26-18)24-14-20(15-25-21,16-8-3-1-4-9-16)17-10-5-2-6-11-17/h1-13H,14-15H2,(H,22,23). The fourth-order valence-electron chi connectivity index (χ4n) is 3.38. The van der Waals surface area contributed by atoms with Gasteiger partial charge in [-0.1, -0.05) is 66.7 Å². The van der Waals surface area contributed by atoms with E-state index in [2.05, 4.69) is 0 Å². The molecule has 4 nitrogen and oxygen atoms in total. The quantitative estimate of drug-likeness (QED) is 0.758. The van der Waals surface area contributed by atoms with Gasteiger partial charge in [0, 0.05) is 0 Å². The predicted octanol–water partition coefficient (Wildman–Crippen LogP) is 4.02. The van der Waals surface area contributed by atoms with Crippen molar-refractivity contribution in [1.29, 1.82) is 0 Å². The summed E-state index contributed by atoms with van der Waals surface area (Å²) in [5.74, 6) is -2.88. The average Bonchev–Trinajstić information content (AvgIpc) is 3.24. The van der Waals surface area contributed by atoms with E-state index in [0.29, 0.717) is 4.88 Å². The van der Waals surface area contributed by atoms with Crippen LogP contribution in [0.15, 0.2) is 78.2 Å². The van der Waals surface area contributed by atoms with Crippen LogP contribution >= 0.6 is 11.3 Å². The molecule has 1 N–H and O–H groups in total. The van der Waals surface area contributed by atoms with E-state index in [1.54, 1.807) is 12.1 Å². The van der Waals surface area contributed by atoms with Crippen molar-refractivity contribution >= 4 is 17.3 Å². The molecule has 0 bridgehead atoms. The number of hydrogen-bond acceptors (Lipinski definition) is 4. The van der Waals surface area contributed by atoms with E-state index in [1.165, 1.54) is 11.3 Å². The molecule has 1 aliphatic heterocycles. The molecule has 132 valence electrons. The van der Waals surface area contributed by atoms with Gasteiger partial charge in [-0.15, -0.1) is 11.3 Å². The Hall–Kier alpha value is -2.47. The van der Waals surface area contributed by atoms with Gasteiger partial charge < -0.3 is 14.6 Å². The van der Waals surface area contributed by atoms with Crippen LogP contribution in [0.25, 0.3) is 0 Å². The van der Waals surface area contributed by atoms with Gasteiger partial charge in [-0.05, 0) is 22.6 Å². The van der Waals surface area contributed by atoms with Crippen LogP contribution in [0.1, 0.15) is 16.0 Å². The molecule has 2 aromatic carbocycles. The highest BCUT2D eigenvalue weighted by atomic mass is 32.1. The molecule has 1 fully saturated rings. The summed E-state index contributed by atoms with van der Waals surface area (Å²) >= 11 is 1.32. The Kier molecular flexibility index (Phi) is 4.36. The molecule has 4 rings (SSSR count). The molecule has 1 aliphatic rings. The third kappa shape index (κ3) is 2.65. The Morgan fingerprint density at radius 3 is 1.81 bits per heavy atom. The zero-order valence-corrected chi connectivity index (χ0v) is 14.8. The summed E-state index contributed by atoms with van der Waals surface area (Å²) in [5.41, 5.74) is 1.52. The topological polar surface area (TPSA) is 55.8 Å². The Labute approximate surface area is 155 Å². The maximum Gasteiger partial charge on any atom is 0.370 e. The van der Waals surface area contributed by atoms with Gasteiger partial charge in [0.1, 0.15) is 0 Å². The Balaban J connectivity index is 1.77. The molecule has 0 radical (unpaired) electrons. The highest BCUT2D eigenvalue weighted by Crippen LogP contribution is 2.43. The van der Waals surface area contributed by atoms with E-state index in [9.17, 15) is 9.90 Å². The van der Waals surface area contributed by atoms with Crippen LogP contribution < -0.4 is 0 Å². The lowest BCUT2D eigenvalue weighted by Gasteiger charge is -2.44. The van der Waals surface area contributed by atoms with Gasteiger partial charge in [0.2, 0.25) is 0 Å². The number of aliphatic carboxylic acids is 1. The summed E-state index contributed by atoms with van der Waals surface area (Å²) in [6.45, 7) is 0.427. The molecular formula is C21H18O4S. The third-order valence-corrected chi connectivity index (χ3v) is 5.78. The lowest BCUT2D eigenvalue weighted by molar-refractivity contribution is -0.286. The van der Waals surface area contributed by atoms with Crippen molar-refractivity contribution in [2.24, 2.45) is 0 Å². The van der Waals surface area contributed by atoms with Gasteiger partial charge in [0.15, 0.2) is 0 Å². The van der Waals surface area contributed by atoms with Gasteiger partial charge in [0.25, 0.3) is 0 Å². The normalized spacial score (nSPS) is 18.3. The van der Waals surface area contributed by atoms with E-state index in [4.69, 9.17) is 9.47 Å². The van der Waals surface area contributed by atoms with E-state index >= 15 is 0 Å². The molecule has 0 aliphatic carbocycles. The first-order valence-electron chi connectivity index (χ1n) is 8.34. The molecular weight excluding hydrogens is 348 g/mol. The number of hydrogen-bond donors (Lipinski definition) is 1. The smallest absolute Gasteiger partial charge is 0.370 e. The van der Waals surface area contributed by atoms with Crippen molar-refractivity contribution in [3.8, 4) is 0 Å². The minimum absolute atomic E-state index is 0.214. The van der Waals surface area contributed by atoms with E-state index < -0.39 is 17.2 Å². The third-order valence-electron chi connectivity index (χ3n) is 4.82. The molecule has 0 amide bonds. The first-order chi connectivity index (χ1) is 12.7. The molecule has 1 aromatic heterocycles. The zero-order chi connectivity index (χ0) is 18.0. The lowest BCUT2D eigenvalue weighted by atomic mass is 9.75. The fraction of sp³-hybridized carbons (Fsp3) is 0.190. The maximum absolute atomic E-state index is 12.0. The predicted molar refractivity (Wildman–Crippen MR) is 99.2 cm³/mol. The van der Waals surface area contributed by atoms with Crippen LogP contribution in [0.5, 0.6) is 0 Å². The maximum atomic E-state index is 12.0. The second-order valence-corrected chi connectivity index (χ2v) is 7.24. The molecule has 2 heterocycles. The van der Waals surface area contributed by atoms with Crippen molar-refractivity contribution in [2.75, 3.05) is 13.2 Å².